The van der Waals surface area contributed by atoms with Gasteiger partial charge in [-0.25, -0.2) is 0 Å². The summed E-state index contributed by atoms with van der Waals surface area (Å²) in [6, 6.07) is 84.5. The second kappa shape index (κ2) is 13.3. The third kappa shape index (κ3) is 4.65. The molecule has 3 heteroatoms. The average Bonchev–Trinajstić information content (AvgIpc) is 4.09. The molecule has 64 heavy (non-hydrogen) atoms. The van der Waals surface area contributed by atoms with Gasteiger partial charge in [0.1, 0.15) is 11.2 Å². The molecule has 2 aliphatic rings. The van der Waals surface area contributed by atoms with E-state index in [0.29, 0.717) is 0 Å². The Hall–Kier alpha value is -8.40. The maximum atomic E-state index is 6.85. The normalized spacial score (nSPS) is 14.6. The van der Waals surface area contributed by atoms with Crippen molar-refractivity contribution in [3.05, 3.63) is 253 Å². The number of hydrogen-bond acceptors (Lipinski definition) is 2. The van der Waals surface area contributed by atoms with Crippen LogP contribution in [-0.4, -0.2) is 4.57 Å². The third-order valence-corrected chi connectivity index (χ3v) is 14.0. The van der Waals surface area contributed by atoms with E-state index in [0.717, 1.165) is 50.3 Å². The first-order chi connectivity index (χ1) is 31.8. The summed E-state index contributed by atoms with van der Waals surface area (Å²) in [5.74, 6) is 0. The number of rotatable bonds is 5. The van der Waals surface area contributed by atoms with Crippen LogP contribution in [-0.2, 0) is 5.41 Å². The van der Waals surface area contributed by atoms with E-state index in [2.05, 4.69) is 240 Å². The molecular formula is C61H38N2O. The molecule has 3 nitrogen and oxygen atoms in total. The number of fused-ring (bicyclic) bond motifs is 17. The number of anilines is 3. The Bertz CT molecular complexity index is 3860. The fourth-order valence-electron chi connectivity index (χ4n) is 11.5. The second-order valence-electron chi connectivity index (χ2n) is 17.1. The maximum absolute atomic E-state index is 6.85. The van der Waals surface area contributed by atoms with E-state index >= 15 is 0 Å². The number of nitrogens with zero attached hydrogens (tertiary/aromatic N) is 2. The largest absolute Gasteiger partial charge is 0.455 e. The van der Waals surface area contributed by atoms with Crippen molar-refractivity contribution in [1.29, 1.82) is 0 Å². The lowest BCUT2D eigenvalue weighted by Crippen LogP contribution is -2.26. The minimum atomic E-state index is -0.571. The molecule has 2 heterocycles. The van der Waals surface area contributed by atoms with Crippen molar-refractivity contribution in [2.24, 2.45) is 0 Å². The molecule has 0 fully saturated rings. The van der Waals surface area contributed by atoms with E-state index < -0.39 is 5.41 Å². The highest BCUT2D eigenvalue weighted by molar-refractivity contribution is 6.14. The standard InChI is InChI=1S/C61H38N2O/c1-3-18-39(19-4-1)42-22-9-14-30-53(42)63(41-34-37-55-48(38-41)43-23-10-15-31-54(43)62(55)40-20-5-2-6-21-40)56-32-17-29-51-58(56)46-25-7-12-27-49(46)61(51)50-28-13-8-26-47(50)59-52(61)36-35-45-44-24-11-16-33-57(44)64-60(45)59/h1-38H. The number of hydrogen-bond donors (Lipinski definition) is 0. The van der Waals surface area contributed by atoms with E-state index in [9.17, 15) is 0 Å². The van der Waals surface area contributed by atoms with Gasteiger partial charge in [0.2, 0.25) is 0 Å². The number of aromatic nitrogens is 1. The van der Waals surface area contributed by atoms with Crippen LogP contribution in [0, 0.1) is 0 Å². The Kier molecular flexibility index (Phi) is 7.32. The van der Waals surface area contributed by atoms with Crippen LogP contribution >= 0.6 is 0 Å². The molecule has 0 N–H and O–H groups in total. The summed E-state index contributed by atoms with van der Waals surface area (Å²) in [7, 11) is 0. The molecule has 0 amide bonds. The first-order valence-corrected chi connectivity index (χ1v) is 22.1. The van der Waals surface area contributed by atoms with Crippen LogP contribution in [0.2, 0.25) is 0 Å². The highest BCUT2D eigenvalue weighted by atomic mass is 16.3. The Morgan fingerprint density at radius 2 is 0.969 bits per heavy atom. The Balaban J connectivity index is 1.08. The van der Waals surface area contributed by atoms with Gasteiger partial charge in [0.05, 0.1) is 27.8 Å². The van der Waals surface area contributed by atoms with Gasteiger partial charge in [-0.3, -0.25) is 0 Å². The van der Waals surface area contributed by atoms with Gasteiger partial charge in [0.25, 0.3) is 0 Å². The van der Waals surface area contributed by atoms with Crippen LogP contribution in [0.5, 0.6) is 0 Å². The van der Waals surface area contributed by atoms with Gasteiger partial charge in [-0.15, -0.1) is 0 Å². The monoisotopic (exact) mass is 814 g/mol. The minimum absolute atomic E-state index is 0.571. The van der Waals surface area contributed by atoms with E-state index in [1.165, 1.54) is 71.9 Å². The first-order valence-electron chi connectivity index (χ1n) is 22.1. The smallest absolute Gasteiger partial charge is 0.143 e. The molecule has 0 aliphatic heterocycles. The Labute approximate surface area is 370 Å². The molecule has 1 spiro atoms. The molecule has 298 valence electrons. The van der Waals surface area contributed by atoms with Crippen LogP contribution in [0.3, 0.4) is 0 Å². The van der Waals surface area contributed by atoms with Gasteiger partial charge < -0.3 is 13.9 Å². The number of furan rings is 1. The molecule has 1 unspecified atom stereocenters. The van der Waals surface area contributed by atoms with Crippen LogP contribution in [0.25, 0.3) is 82.8 Å². The van der Waals surface area contributed by atoms with Crippen LogP contribution < -0.4 is 4.90 Å². The van der Waals surface area contributed by atoms with E-state index in [1.807, 2.05) is 0 Å². The average molecular weight is 815 g/mol. The van der Waals surface area contributed by atoms with Crippen molar-refractivity contribution in [1.82, 2.24) is 4.57 Å². The van der Waals surface area contributed by atoms with Crippen molar-refractivity contribution in [3.63, 3.8) is 0 Å². The summed E-state index contributed by atoms with van der Waals surface area (Å²) < 4.78 is 9.24. The summed E-state index contributed by atoms with van der Waals surface area (Å²) in [5.41, 5.74) is 20.5. The van der Waals surface area contributed by atoms with Crippen molar-refractivity contribution >= 4 is 60.8 Å². The predicted molar refractivity (Wildman–Crippen MR) is 264 cm³/mol. The predicted octanol–water partition coefficient (Wildman–Crippen LogP) is 16.2. The quantitative estimate of drug-likeness (QED) is 0.173. The molecule has 0 saturated heterocycles. The van der Waals surface area contributed by atoms with Gasteiger partial charge in [0.15, 0.2) is 0 Å². The van der Waals surface area contributed by atoms with Gasteiger partial charge in [-0.2, -0.15) is 0 Å². The molecule has 2 aliphatic carbocycles. The molecule has 1 atom stereocenters. The first kappa shape index (κ1) is 35.2. The van der Waals surface area contributed by atoms with Crippen molar-refractivity contribution in [2.75, 3.05) is 4.90 Å². The van der Waals surface area contributed by atoms with Gasteiger partial charge in [-0.1, -0.05) is 176 Å². The lowest BCUT2D eigenvalue weighted by Gasteiger charge is -2.32. The third-order valence-electron chi connectivity index (χ3n) is 14.0. The van der Waals surface area contributed by atoms with Crippen molar-refractivity contribution in [3.8, 4) is 39.1 Å². The topological polar surface area (TPSA) is 21.3 Å². The van der Waals surface area contributed by atoms with Crippen molar-refractivity contribution < 1.29 is 4.42 Å². The number of benzene rings is 10. The summed E-state index contributed by atoms with van der Waals surface area (Å²) >= 11 is 0. The van der Waals surface area contributed by atoms with Crippen LogP contribution in [0.1, 0.15) is 22.3 Å². The van der Waals surface area contributed by atoms with Gasteiger partial charge in [0, 0.05) is 49.6 Å². The molecule has 14 rings (SSSR count). The Morgan fingerprint density at radius 3 is 1.78 bits per heavy atom. The van der Waals surface area contributed by atoms with Gasteiger partial charge >= 0.3 is 0 Å². The molecule has 2 aromatic heterocycles. The second-order valence-corrected chi connectivity index (χ2v) is 17.1. The summed E-state index contributed by atoms with van der Waals surface area (Å²) in [6.45, 7) is 0. The van der Waals surface area contributed by atoms with Gasteiger partial charge in [-0.05, 0) is 93.5 Å². The minimum Gasteiger partial charge on any atom is -0.455 e. The lowest BCUT2D eigenvalue weighted by molar-refractivity contribution is 0.669. The fourth-order valence-corrected chi connectivity index (χ4v) is 11.5. The summed E-state index contributed by atoms with van der Waals surface area (Å²) in [5, 5.41) is 4.72. The number of para-hydroxylation sites is 4. The van der Waals surface area contributed by atoms with E-state index in [1.54, 1.807) is 0 Å². The fraction of sp³-hybridized carbons (Fsp3) is 0.0164. The zero-order valence-electron chi connectivity index (χ0n) is 34.7. The summed E-state index contributed by atoms with van der Waals surface area (Å²) in [6.07, 6.45) is 0. The molecule has 10 aromatic carbocycles. The molecule has 0 saturated carbocycles. The Morgan fingerprint density at radius 1 is 0.375 bits per heavy atom. The van der Waals surface area contributed by atoms with E-state index in [-0.39, 0.29) is 0 Å². The van der Waals surface area contributed by atoms with E-state index in [4.69, 9.17) is 4.42 Å². The molecule has 12 aromatic rings. The molecule has 0 radical (unpaired) electrons. The zero-order chi connectivity index (χ0) is 41.9. The van der Waals surface area contributed by atoms with Crippen LogP contribution in [0.4, 0.5) is 17.1 Å². The zero-order valence-corrected chi connectivity index (χ0v) is 34.7. The molecule has 0 bridgehead atoms. The van der Waals surface area contributed by atoms with Crippen LogP contribution in [0.15, 0.2) is 235 Å². The SMILES string of the molecule is c1ccc(-c2ccccc2N(c2ccc3c(c2)c2ccccc2n3-c2ccccc2)c2cccc3c2-c2ccccc2C32c3ccccc3-c3c2ccc2c3oc3ccccc32)cc1. The highest BCUT2D eigenvalue weighted by Gasteiger charge is 2.53. The lowest BCUT2D eigenvalue weighted by atomic mass is 9.70. The maximum Gasteiger partial charge on any atom is 0.143 e. The molecular weight excluding hydrogens is 777 g/mol. The summed E-state index contributed by atoms with van der Waals surface area (Å²) in [4.78, 5) is 2.52. The van der Waals surface area contributed by atoms with Crippen molar-refractivity contribution in [2.45, 2.75) is 5.41 Å². The highest BCUT2D eigenvalue weighted by Crippen LogP contribution is 2.66.